The summed E-state index contributed by atoms with van der Waals surface area (Å²) >= 11 is 0. The van der Waals surface area contributed by atoms with E-state index < -0.39 is 12.0 Å². The number of aryl methyl sites for hydroxylation is 1. The number of aromatic nitrogens is 1. The molecule has 1 heterocycles. The highest BCUT2D eigenvalue weighted by atomic mass is 16.5. The monoisotopic (exact) mass is 254 g/mol. The number of nitrogens with zero attached hydrogens (tertiary/aromatic N) is 2. The van der Waals surface area contributed by atoms with Crippen molar-refractivity contribution < 1.29 is 19.2 Å². The van der Waals surface area contributed by atoms with Crippen LogP contribution in [0.1, 0.15) is 36.3 Å². The zero-order chi connectivity index (χ0) is 13.9. The normalized spacial score (nSPS) is 12.5. The minimum Gasteiger partial charge on any atom is -0.480 e. The van der Waals surface area contributed by atoms with E-state index in [1.807, 2.05) is 13.8 Å². The smallest absolute Gasteiger partial charge is 0.326 e. The fourth-order valence-corrected chi connectivity index (χ4v) is 1.70. The van der Waals surface area contributed by atoms with Crippen molar-refractivity contribution in [3.05, 3.63) is 17.5 Å². The van der Waals surface area contributed by atoms with Gasteiger partial charge in [0.2, 0.25) is 0 Å². The van der Waals surface area contributed by atoms with Gasteiger partial charge in [0.1, 0.15) is 17.9 Å². The molecule has 0 aliphatic rings. The second kappa shape index (κ2) is 5.66. The Hall–Kier alpha value is -1.85. The summed E-state index contributed by atoms with van der Waals surface area (Å²) in [5, 5.41) is 12.8. The van der Waals surface area contributed by atoms with Crippen molar-refractivity contribution >= 4 is 11.9 Å². The number of aliphatic carboxylic acids is 1. The van der Waals surface area contributed by atoms with Gasteiger partial charge in [0.15, 0.2) is 0 Å². The van der Waals surface area contributed by atoms with Crippen LogP contribution in [-0.2, 0) is 4.79 Å². The number of hydrogen-bond donors (Lipinski definition) is 1. The van der Waals surface area contributed by atoms with Crippen LogP contribution in [0.25, 0.3) is 0 Å². The molecule has 1 unspecified atom stereocenters. The first-order valence-corrected chi connectivity index (χ1v) is 5.75. The number of carbonyl (C=O) groups excluding carboxylic acids is 1. The summed E-state index contributed by atoms with van der Waals surface area (Å²) in [6.45, 7) is 5.47. The fourth-order valence-electron chi connectivity index (χ4n) is 1.70. The molecular formula is C12H18N2O4. The van der Waals surface area contributed by atoms with Crippen molar-refractivity contribution in [1.29, 1.82) is 0 Å². The van der Waals surface area contributed by atoms with E-state index >= 15 is 0 Å². The lowest BCUT2D eigenvalue weighted by atomic mass is 10.0. The third-order valence-corrected chi connectivity index (χ3v) is 2.75. The highest BCUT2D eigenvalue weighted by molar-refractivity contribution is 5.96. The summed E-state index contributed by atoms with van der Waals surface area (Å²) in [6, 6.07) is -0.841. The van der Waals surface area contributed by atoms with Crippen molar-refractivity contribution in [2.45, 2.75) is 33.2 Å². The highest BCUT2D eigenvalue weighted by Crippen LogP contribution is 2.15. The van der Waals surface area contributed by atoms with Crippen LogP contribution in [-0.4, -0.2) is 40.1 Å². The van der Waals surface area contributed by atoms with Crippen molar-refractivity contribution in [2.75, 3.05) is 7.05 Å². The Morgan fingerprint density at radius 3 is 2.50 bits per heavy atom. The summed E-state index contributed by atoms with van der Waals surface area (Å²) in [5.74, 6) is -1.21. The second-order valence-electron chi connectivity index (χ2n) is 4.71. The van der Waals surface area contributed by atoms with Crippen molar-refractivity contribution in [3.8, 4) is 0 Å². The molecule has 0 aromatic carbocycles. The van der Waals surface area contributed by atoms with Crippen LogP contribution in [0.5, 0.6) is 0 Å². The molecule has 100 valence electrons. The maximum atomic E-state index is 12.1. The van der Waals surface area contributed by atoms with Gasteiger partial charge in [-0.05, 0) is 19.3 Å². The largest absolute Gasteiger partial charge is 0.480 e. The lowest BCUT2D eigenvalue weighted by Crippen LogP contribution is -2.43. The average molecular weight is 254 g/mol. The summed E-state index contributed by atoms with van der Waals surface area (Å²) < 4.78 is 4.69. The molecule has 0 bridgehead atoms. The number of carbonyl (C=O) groups is 2. The molecule has 1 amide bonds. The number of rotatable bonds is 5. The molecule has 6 nitrogen and oxygen atoms in total. The zero-order valence-electron chi connectivity index (χ0n) is 11.0. The Balaban J connectivity index is 2.90. The number of carboxylic acids is 1. The molecule has 0 saturated heterocycles. The van der Waals surface area contributed by atoms with Gasteiger partial charge in [-0.15, -0.1) is 0 Å². The third-order valence-electron chi connectivity index (χ3n) is 2.75. The number of hydrogen-bond acceptors (Lipinski definition) is 4. The molecule has 6 heteroatoms. The number of carboxylic acid groups (broad SMARTS) is 1. The van der Waals surface area contributed by atoms with Crippen LogP contribution >= 0.6 is 0 Å². The molecule has 0 aliphatic carbocycles. The molecule has 1 N–H and O–H groups in total. The van der Waals surface area contributed by atoms with E-state index in [0.29, 0.717) is 17.7 Å². The van der Waals surface area contributed by atoms with Crippen molar-refractivity contribution in [2.24, 2.45) is 5.92 Å². The maximum Gasteiger partial charge on any atom is 0.326 e. The fraction of sp³-hybridized carbons (Fsp3) is 0.583. The highest BCUT2D eigenvalue weighted by Gasteiger charge is 2.29. The second-order valence-corrected chi connectivity index (χ2v) is 4.71. The van der Waals surface area contributed by atoms with Gasteiger partial charge in [-0.3, -0.25) is 4.79 Å². The van der Waals surface area contributed by atoms with Gasteiger partial charge in [0, 0.05) is 7.05 Å². The van der Waals surface area contributed by atoms with Crippen LogP contribution in [0, 0.1) is 12.8 Å². The van der Waals surface area contributed by atoms with Gasteiger partial charge in [0.05, 0.1) is 5.69 Å². The van der Waals surface area contributed by atoms with Gasteiger partial charge >= 0.3 is 5.97 Å². The average Bonchev–Trinajstić information content (AvgIpc) is 2.69. The zero-order valence-corrected chi connectivity index (χ0v) is 11.0. The van der Waals surface area contributed by atoms with Gasteiger partial charge in [-0.25, -0.2) is 4.79 Å². The first-order valence-electron chi connectivity index (χ1n) is 5.75. The molecule has 1 aromatic heterocycles. The quantitative estimate of drug-likeness (QED) is 0.861. The van der Waals surface area contributed by atoms with Crippen LogP contribution in [0.15, 0.2) is 10.8 Å². The van der Waals surface area contributed by atoms with Crippen molar-refractivity contribution in [1.82, 2.24) is 10.1 Å². The first kappa shape index (κ1) is 14.2. The van der Waals surface area contributed by atoms with E-state index in [1.54, 1.807) is 6.92 Å². The van der Waals surface area contributed by atoms with E-state index in [-0.39, 0.29) is 11.8 Å². The number of amides is 1. The van der Waals surface area contributed by atoms with Crippen LogP contribution in [0.2, 0.25) is 0 Å². The standard InChI is InChI=1S/C12H18N2O4/c1-7(2)5-10(12(16)17)14(4)11(15)9-6-18-13-8(9)3/h6-7,10H,5H2,1-4H3,(H,16,17). The van der Waals surface area contributed by atoms with Gasteiger partial charge in [-0.1, -0.05) is 19.0 Å². The maximum absolute atomic E-state index is 12.1. The van der Waals surface area contributed by atoms with Gasteiger partial charge < -0.3 is 14.5 Å². The molecule has 0 aliphatic heterocycles. The Kier molecular flexibility index (Phi) is 4.47. The van der Waals surface area contributed by atoms with Crippen LogP contribution in [0.4, 0.5) is 0 Å². The van der Waals surface area contributed by atoms with Crippen molar-refractivity contribution in [3.63, 3.8) is 0 Å². The Bertz CT molecular complexity index is 439. The van der Waals surface area contributed by atoms with Gasteiger partial charge in [0.25, 0.3) is 5.91 Å². The van der Waals surface area contributed by atoms with E-state index in [2.05, 4.69) is 5.16 Å². The van der Waals surface area contributed by atoms with E-state index in [9.17, 15) is 14.7 Å². The Labute approximate surface area is 106 Å². The Morgan fingerprint density at radius 2 is 2.11 bits per heavy atom. The molecule has 1 atom stereocenters. The summed E-state index contributed by atoms with van der Waals surface area (Å²) in [6.07, 6.45) is 1.64. The summed E-state index contributed by atoms with van der Waals surface area (Å²) in [7, 11) is 1.48. The van der Waals surface area contributed by atoms with E-state index in [1.165, 1.54) is 18.2 Å². The summed E-state index contributed by atoms with van der Waals surface area (Å²) in [4.78, 5) is 24.5. The molecule has 18 heavy (non-hydrogen) atoms. The van der Waals surface area contributed by atoms with Crippen LogP contribution in [0.3, 0.4) is 0 Å². The lowest BCUT2D eigenvalue weighted by molar-refractivity contribution is -0.142. The minimum absolute atomic E-state index is 0.185. The summed E-state index contributed by atoms with van der Waals surface area (Å²) in [5.41, 5.74) is 0.757. The lowest BCUT2D eigenvalue weighted by Gasteiger charge is -2.25. The first-order chi connectivity index (χ1) is 8.34. The minimum atomic E-state index is -1.01. The molecular weight excluding hydrogens is 236 g/mol. The predicted molar refractivity (Wildman–Crippen MR) is 64.2 cm³/mol. The molecule has 1 aromatic rings. The topological polar surface area (TPSA) is 83.6 Å². The third kappa shape index (κ3) is 3.09. The molecule has 0 spiro atoms. The molecule has 0 saturated carbocycles. The van der Waals surface area contributed by atoms with Crippen LogP contribution < -0.4 is 0 Å². The van der Waals surface area contributed by atoms with Gasteiger partial charge in [-0.2, -0.15) is 0 Å². The molecule has 0 radical (unpaired) electrons. The Morgan fingerprint density at radius 1 is 1.50 bits per heavy atom. The molecule has 0 fully saturated rings. The predicted octanol–water partition coefficient (Wildman–Crippen LogP) is 1.55. The molecule has 1 rings (SSSR count). The number of likely N-dealkylation sites (N-methyl/N-ethyl adjacent to an activating group) is 1. The SMILES string of the molecule is Cc1nocc1C(=O)N(C)C(CC(C)C)C(=O)O. The van der Waals surface area contributed by atoms with E-state index in [4.69, 9.17) is 4.52 Å². The van der Waals surface area contributed by atoms with E-state index in [0.717, 1.165) is 0 Å².